The van der Waals surface area contributed by atoms with E-state index in [0.717, 1.165) is 43.6 Å². The molecule has 2 aliphatic heterocycles. The van der Waals surface area contributed by atoms with Gasteiger partial charge < -0.3 is 10.0 Å². The zero-order valence-corrected chi connectivity index (χ0v) is 18.8. The Bertz CT molecular complexity index is 1060. The maximum absolute atomic E-state index is 13.5. The third kappa shape index (κ3) is 4.44. The van der Waals surface area contributed by atoms with Crippen molar-refractivity contribution in [1.82, 2.24) is 9.80 Å². The highest BCUT2D eigenvalue weighted by molar-refractivity contribution is 5.90. The number of hydrogen-bond donors (Lipinski definition) is 1. The van der Waals surface area contributed by atoms with Crippen LogP contribution in [0.25, 0.3) is 0 Å². The highest BCUT2D eigenvalue weighted by Gasteiger charge is 2.48. The molecule has 1 N–H and O–H groups in total. The second kappa shape index (κ2) is 9.24. The van der Waals surface area contributed by atoms with Gasteiger partial charge in [0.2, 0.25) is 0 Å². The van der Waals surface area contributed by atoms with E-state index in [2.05, 4.69) is 58.3 Å². The third-order valence-corrected chi connectivity index (χ3v) is 7.07. The number of likely N-dealkylation sites (tertiary alicyclic amines) is 1. The van der Waals surface area contributed by atoms with Crippen LogP contribution in [-0.2, 0) is 11.3 Å². The van der Waals surface area contributed by atoms with E-state index in [1.54, 1.807) is 0 Å². The zero-order valence-electron chi connectivity index (χ0n) is 18.8. The van der Waals surface area contributed by atoms with Gasteiger partial charge in [-0.05, 0) is 29.5 Å². The largest absolute Gasteiger partial charge is 0.512 e. The third-order valence-electron chi connectivity index (χ3n) is 7.07. The Kier molecular flexibility index (Phi) is 6.01. The van der Waals surface area contributed by atoms with Crippen molar-refractivity contribution in [3.05, 3.63) is 120 Å². The van der Waals surface area contributed by atoms with Crippen molar-refractivity contribution >= 4 is 5.91 Å². The highest BCUT2D eigenvalue weighted by Crippen LogP contribution is 2.44. The number of aliphatic hydroxyl groups is 1. The molecule has 1 saturated heterocycles. The van der Waals surface area contributed by atoms with Crippen LogP contribution in [0.2, 0.25) is 0 Å². The van der Waals surface area contributed by atoms with E-state index >= 15 is 0 Å². The predicted octanol–water partition coefficient (Wildman–Crippen LogP) is 5.49. The Morgan fingerprint density at radius 1 is 0.788 bits per heavy atom. The van der Waals surface area contributed by atoms with Crippen molar-refractivity contribution in [1.29, 1.82) is 0 Å². The van der Waals surface area contributed by atoms with Crippen molar-refractivity contribution in [3.63, 3.8) is 0 Å². The number of nitrogens with zero attached hydrogens (tertiary/aromatic N) is 2. The summed E-state index contributed by atoms with van der Waals surface area (Å²) >= 11 is 0. The van der Waals surface area contributed by atoms with E-state index in [1.165, 1.54) is 11.6 Å². The van der Waals surface area contributed by atoms with Gasteiger partial charge in [-0.3, -0.25) is 9.69 Å². The van der Waals surface area contributed by atoms with Crippen LogP contribution in [0, 0.1) is 0 Å². The van der Waals surface area contributed by atoms with E-state index in [0.29, 0.717) is 6.42 Å². The Labute approximate surface area is 195 Å². The van der Waals surface area contributed by atoms with Gasteiger partial charge in [0.05, 0.1) is 11.6 Å². The molecule has 5 rings (SSSR count). The average molecular weight is 439 g/mol. The first-order chi connectivity index (χ1) is 16.1. The molecular formula is C29H30N2O2. The maximum Gasteiger partial charge on any atom is 0.251 e. The van der Waals surface area contributed by atoms with Gasteiger partial charge >= 0.3 is 0 Å². The number of benzene rings is 3. The molecule has 0 bridgehead atoms. The number of carbonyl (C=O) groups is 1. The lowest BCUT2D eigenvalue weighted by atomic mass is 9.77. The molecule has 1 fully saturated rings. The molecule has 0 atom stereocenters. The van der Waals surface area contributed by atoms with Crippen LogP contribution in [0.15, 0.2) is 103 Å². The number of aliphatic hydroxyl groups excluding tert-OH is 1. The predicted molar refractivity (Wildman–Crippen MR) is 131 cm³/mol. The fourth-order valence-corrected chi connectivity index (χ4v) is 5.47. The molecule has 2 heterocycles. The van der Waals surface area contributed by atoms with E-state index in [4.69, 9.17) is 0 Å². The molecule has 3 aromatic carbocycles. The SMILES string of the molecule is O=C1C=C(O)CC2(CCN(Cc3ccccc3)CC2)N1C(c1ccccc1)c1ccccc1. The summed E-state index contributed by atoms with van der Waals surface area (Å²) in [6.07, 6.45) is 3.59. The van der Waals surface area contributed by atoms with Crippen LogP contribution in [0.3, 0.4) is 0 Å². The fourth-order valence-electron chi connectivity index (χ4n) is 5.47. The molecule has 1 spiro atoms. The minimum absolute atomic E-state index is 0.104. The molecule has 0 aliphatic carbocycles. The maximum atomic E-state index is 13.5. The van der Waals surface area contributed by atoms with E-state index < -0.39 is 5.54 Å². The second-order valence-corrected chi connectivity index (χ2v) is 9.23. The minimum Gasteiger partial charge on any atom is -0.512 e. The molecule has 0 radical (unpaired) electrons. The van der Waals surface area contributed by atoms with Crippen molar-refractivity contribution < 1.29 is 9.90 Å². The van der Waals surface area contributed by atoms with Gasteiger partial charge in [-0.25, -0.2) is 0 Å². The molecule has 0 unspecified atom stereocenters. The van der Waals surface area contributed by atoms with Crippen LogP contribution in [-0.4, -0.2) is 39.4 Å². The first-order valence-corrected chi connectivity index (χ1v) is 11.7. The quantitative estimate of drug-likeness (QED) is 0.573. The molecule has 168 valence electrons. The molecule has 33 heavy (non-hydrogen) atoms. The van der Waals surface area contributed by atoms with Gasteiger partial charge in [-0.1, -0.05) is 91.0 Å². The van der Waals surface area contributed by atoms with E-state index in [-0.39, 0.29) is 17.7 Å². The van der Waals surface area contributed by atoms with E-state index in [9.17, 15) is 9.90 Å². The first-order valence-electron chi connectivity index (χ1n) is 11.7. The zero-order chi connectivity index (χ0) is 22.7. The van der Waals surface area contributed by atoms with Crippen LogP contribution in [0.5, 0.6) is 0 Å². The first kappa shape index (κ1) is 21.5. The summed E-state index contributed by atoms with van der Waals surface area (Å²) in [6.45, 7) is 2.69. The highest BCUT2D eigenvalue weighted by atomic mass is 16.3. The summed E-state index contributed by atoms with van der Waals surface area (Å²) in [5.41, 5.74) is 3.09. The summed E-state index contributed by atoms with van der Waals surface area (Å²) in [5, 5.41) is 10.5. The average Bonchev–Trinajstić information content (AvgIpc) is 2.85. The van der Waals surface area contributed by atoms with Gasteiger partial charge in [-0.15, -0.1) is 0 Å². The van der Waals surface area contributed by atoms with Crippen LogP contribution in [0.4, 0.5) is 0 Å². The van der Waals surface area contributed by atoms with Crippen molar-refractivity contribution in [2.24, 2.45) is 0 Å². The van der Waals surface area contributed by atoms with Crippen molar-refractivity contribution in [3.8, 4) is 0 Å². The number of carbonyl (C=O) groups excluding carboxylic acids is 1. The monoisotopic (exact) mass is 438 g/mol. The molecule has 4 heteroatoms. The van der Waals surface area contributed by atoms with Crippen molar-refractivity contribution in [2.45, 2.75) is 37.4 Å². The Morgan fingerprint density at radius 2 is 1.30 bits per heavy atom. The summed E-state index contributed by atoms with van der Waals surface area (Å²) < 4.78 is 0. The molecule has 0 aromatic heterocycles. The summed E-state index contributed by atoms with van der Waals surface area (Å²) in [7, 11) is 0. The Hall–Kier alpha value is -3.37. The minimum atomic E-state index is -0.403. The number of rotatable bonds is 5. The molecule has 2 aliphatic rings. The van der Waals surface area contributed by atoms with Gasteiger partial charge in [0.1, 0.15) is 5.76 Å². The molecule has 1 amide bonds. The molecule has 0 saturated carbocycles. The number of piperidine rings is 1. The number of amides is 1. The lowest BCUT2D eigenvalue weighted by Gasteiger charge is -2.53. The van der Waals surface area contributed by atoms with Crippen LogP contribution < -0.4 is 0 Å². The fraction of sp³-hybridized carbons (Fsp3) is 0.276. The summed E-state index contributed by atoms with van der Waals surface area (Å²) in [4.78, 5) is 18.0. The molecule has 4 nitrogen and oxygen atoms in total. The second-order valence-electron chi connectivity index (χ2n) is 9.23. The lowest BCUT2D eigenvalue weighted by Crippen LogP contribution is -2.60. The van der Waals surface area contributed by atoms with E-state index in [1.807, 2.05) is 42.5 Å². The normalized spacial score (nSPS) is 18.5. The molecular weight excluding hydrogens is 408 g/mol. The lowest BCUT2D eigenvalue weighted by molar-refractivity contribution is -0.140. The smallest absolute Gasteiger partial charge is 0.251 e. The topological polar surface area (TPSA) is 43.8 Å². The molecule has 3 aromatic rings. The summed E-state index contributed by atoms with van der Waals surface area (Å²) in [6, 6.07) is 30.9. The van der Waals surface area contributed by atoms with Gasteiger partial charge in [0.15, 0.2) is 0 Å². The van der Waals surface area contributed by atoms with Crippen molar-refractivity contribution in [2.75, 3.05) is 13.1 Å². The Morgan fingerprint density at radius 3 is 1.85 bits per heavy atom. The Balaban J connectivity index is 1.48. The van der Waals surface area contributed by atoms with Gasteiger partial charge in [0, 0.05) is 32.1 Å². The number of hydrogen-bond acceptors (Lipinski definition) is 3. The van der Waals surface area contributed by atoms with Gasteiger partial charge in [-0.2, -0.15) is 0 Å². The summed E-state index contributed by atoms with van der Waals surface area (Å²) in [5.74, 6) is 0.0978. The van der Waals surface area contributed by atoms with Crippen LogP contribution in [0.1, 0.15) is 42.0 Å². The van der Waals surface area contributed by atoms with Gasteiger partial charge in [0.25, 0.3) is 5.91 Å². The standard InChI is InChI=1S/C29H30N2O2/c32-26-20-27(33)31(28(24-12-6-2-7-13-24)25-14-8-3-9-15-25)29(21-26)16-18-30(19-17-29)22-23-10-4-1-5-11-23/h1-15,20,28,32H,16-19,21-22H2. The van der Waals surface area contributed by atoms with Crippen LogP contribution >= 0.6 is 0 Å².